The van der Waals surface area contributed by atoms with Crippen LogP contribution >= 0.6 is 0 Å². The average molecular weight is 272 g/mol. The minimum Gasteiger partial charge on any atom is -0.396 e. The predicted octanol–water partition coefficient (Wildman–Crippen LogP) is 0.951. The second kappa shape index (κ2) is 5.42. The van der Waals surface area contributed by atoms with E-state index in [0.29, 0.717) is 17.9 Å². The molecular formula is C12H20N2O3S. The van der Waals surface area contributed by atoms with E-state index in [1.807, 2.05) is 7.05 Å². The molecule has 1 aromatic rings. The molecule has 2 rings (SSSR count). The lowest BCUT2D eigenvalue weighted by Crippen LogP contribution is -2.35. The minimum atomic E-state index is -3.37. The van der Waals surface area contributed by atoms with Gasteiger partial charge in [-0.15, -0.1) is 0 Å². The van der Waals surface area contributed by atoms with Gasteiger partial charge in [0.05, 0.1) is 4.90 Å². The molecule has 0 aliphatic carbocycles. The standard InChI is InChI=1S/C12H20N2O3S/c1-13-8-6-12(10-13)18(16,17)14-7-2-4-11(14)5-3-9-15/h6,8,10-11,15H,2-5,7,9H2,1H3. The van der Waals surface area contributed by atoms with Gasteiger partial charge in [0, 0.05) is 38.6 Å². The van der Waals surface area contributed by atoms with E-state index in [0.717, 1.165) is 19.3 Å². The summed E-state index contributed by atoms with van der Waals surface area (Å²) in [5, 5.41) is 8.86. The Kier molecular flexibility index (Phi) is 4.09. The summed E-state index contributed by atoms with van der Waals surface area (Å²) in [6.07, 6.45) is 6.57. The molecule has 1 unspecified atom stereocenters. The summed E-state index contributed by atoms with van der Waals surface area (Å²) in [4.78, 5) is 0.362. The maximum absolute atomic E-state index is 12.5. The molecule has 0 bridgehead atoms. The largest absolute Gasteiger partial charge is 0.396 e. The first-order valence-corrected chi connectivity index (χ1v) is 7.74. The lowest BCUT2D eigenvalue weighted by molar-refractivity contribution is 0.264. The highest BCUT2D eigenvalue weighted by Gasteiger charge is 2.35. The van der Waals surface area contributed by atoms with E-state index in [1.165, 1.54) is 0 Å². The van der Waals surface area contributed by atoms with Gasteiger partial charge in [-0.05, 0) is 31.7 Å². The van der Waals surface area contributed by atoms with Crippen LogP contribution in [0, 0.1) is 0 Å². The zero-order chi connectivity index (χ0) is 13.2. The Morgan fingerprint density at radius 3 is 2.89 bits per heavy atom. The van der Waals surface area contributed by atoms with Crippen molar-refractivity contribution >= 4 is 10.0 Å². The van der Waals surface area contributed by atoms with Crippen molar-refractivity contribution in [1.29, 1.82) is 0 Å². The number of aryl methyl sites for hydroxylation is 1. The SMILES string of the molecule is Cn1ccc(S(=O)(=O)N2CCCC2CCCO)c1. The van der Waals surface area contributed by atoms with Crippen LogP contribution in [0.1, 0.15) is 25.7 Å². The molecule has 6 heteroatoms. The molecule has 0 saturated carbocycles. The van der Waals surface area contributed by atoms with Crippen molar-refractivity contribution in [1.82, 2.24) is 8.87 Å². The van der Waals surface area contributed by atoms with Crippen LogP contribution in [0.4, 0.5) is 0 Å². The third-order valence-electron chi connectivity index (χ3n) is 3.43. The summed E-state index contributed by atoms with van der Waals surface area (Å²) in [5.41, 5.74) is 0. The van der Waals surface area contributed by atoms with Gasteiger partial charge in [-0.3, -0.25) is 0 Å². The maximum atomic E-state index is 12.5. The van der Waals surface area contributed by atoms with Gasteiger partial charge >= 0.3 is 0 Å². The van der Waals surface area contributed by atoms with E-state index in [4.69, 9.17) is 5.11 Å². The molecule has 5 nitrogen and oxygen atoms in total. The molecule has 0 amide bonds. The highest BCUT2D eigenvalue weighted by Crippen LogP contribution is 2.28. The van der Waals surface area contributed by atoms with Crippen molar-refractivity contribution in [2.75, 3.05) is 13.2 Å². The van der Waals surface area contributed by atoms with Crippen LogP contribution in [0.2, 0.25) is 0 Å². The van der Waals surface area contributed by atoms with E-state index in [2.05, 4.69) is 0 Å². The van der Waals surface area contributed by atoms with Crippen LogP contribution in [-0.4, -0.2) is 41.6 Å². The van der Waals surface area contributed by atoms with Crippen molar-refractivity contribution in [2.24, 2.45) is 7.05 Å². The van der Waals surface area contributed by atoms with Crippen LogP contribution in [0.15, 0.2) is 23.4 Å². The quantitative estimate of drug-likeness (QED) is 0.868. The van der Waals surface area contributed by atoms with Crippen molar-refractivity contribution < 1.29 is 13.5 Å². The first-order chi connectivity index (χ1) is 8.55. The smallest absolute Gasteiger partial charge is 0.244 e. The summed E-state index contributed by atoms with van der Waals surface area (Å²) < 4.78 is 28.3. The molecule has 1 atom stereocenters. The van der Waals surface area contributed by atoms with Crippen molar-refractivity contribution in [3.63, 3.8) is 0 Å². The molecule has 1 N–H and O–H groups in total. The van der Waals surface area contributed by atoms with E-state index in [1.54, 1.807) is 27.3 Å². The Morgan fingerprint density at radius 1 is 1.50 bits per heavy atom. The van der Waals surface area contributed by atoms with Gasteiger partial charge in [-0.25, -0.2) is 8.42 Å². The topological polar surface area (TPSA) is 62.5 Å². The summed E-state index contributed by atoms with van der Waals surface area (Å²) in [7, 11) is -1.55. The van der Waals surface area contributed by atoms with Crippen LogP contribution < -0.4 is 0 Å². The molecule has 0 radical (unpaired) electrons. The van der Waals surface area contributed by atoms with E-state index in [-0.39, 0.29) is 12.6 Å². The summed E-state index contributed by atoms with van der Waals surface area (Å²) >= 11 is 0. The fraction of sp³-hybridized carbons (Fsp3) is 0.667. The normalized spacial score (nSPS) is 21.6. The van der Waals surface area contributed by atoms with Crippen LogP contribution in [0.5, 0.6) is 0 Å². The predicted molar refractivity (Wildman–Crippen MR) is 68.6 cm³/mol. The van der Waals surface area contributed by atoms with E-state index in [9.17, 15) is 8.42 Å². The minimum absolute atomic E-state index is 0.0438. The van der Waals surface area contributed by atoms with Gasteiger partial charge < -0.3 is 9.67 Å². The number of hydrogen-bond donors (Lipinski definition) is 1. The number of sulfonamides is 1. The highest BCUT2D eigenvalue weighted by molar-refractivity contribution is 7.89. The highest BCUT2D eigenvalue weighted by atomic mass is 32.2. The van der Waals surface area contributed by atoms with E-state index < -0.39 is 10.0 Å². The molecule has 1 aromatic heterocycles. The van der Waals surface area contributed by atoms with Crippen molar-refractivity contribution in [3.8, 4) is 0 Å². The lowest BCUT2D eigenvalue weighted by Gasteiger charge is -2.23. The van der Waals surface area contributed by atoms with Gasteiger partial charge in [0.15, 0.2) is 0 Å². The molecule has 18 heavy (non-hydrogen) atoms. The molecule has 102 valence electrons. The Bertz CT molecular complexity index is 495. The Morgan fingerprint density at radius 2 is 2.28 bits per heavy atom. The van der Waals surface area contributed by atoms with Gasteiger partial charge in [0.25, 0.3) is 0 Å². The average Bonchev–Trinajstić information content (AvgIpc) is 2.95. The molecule has 1 aliphatic heterocycles. The second-order valence-corrected chi connectivity index (χ2v) is 6.68. The van der Waals surface area contributed by atoms with Gasteiger partial charge in [0.2, 0.25) is 10.0 Å². The lowest BCUT2D eigenvalue weighted by atomic mass is 10.1. The number of hydrogen-bond acceptors (Lipinski definition) is 3. The fourth-order valence-electron chi connectivity index (χ4n) is 2.51. The number of aliphatic hydroxyl groups excluding tert-OH is 1. The zero-order valence-electron chi connectivity index (χ0n) is 10.6. The number of nitrogens with zero attached hydrogens (tertiary/aromatic N) is 2. The molecular weight excluding hydrogens is 252 g/mol. The van der Waals surface area contributed by atoms with Gasteiger partial charge in [-0.2, -0.15) is 4.31 Å². The van der Waals surface area contributed by atoms with Crippen LogP contribution in [-0.2, 0) is 17.1 Å². The van der Waals surface area contributed by atoms with Crippen molar-refractivity contribution in [3.05, 3.63) is 18.5 Å². The molecule has 0 aromatic carbocycles. The number of aliphatic hydroxyl groups is 1. The Balaban J connectivity index is 2.18. The number of aromatic nitrogens is 1. The first kappa shape index (κ1) is 13.6. The van der Waals surface area contributed by atoms with Gasteiger partial charge in [-0.1, -0.05) is 0 Å². The molecule has 0 spiro atoms. The maximum Gasteiger partial charge on any atom is 0.244 e. The summed E-state index contributed by atoms with van der Waals surface area (Å²) in [6, 6.07) is 1.68. The molecule has 1 aliphatic rings. The molecule has 1 saturated heterocycles. The Labute approximate surface area is 108 Å². The fourth-order valence-corrected chi connectivity index (χ4v) is 4.28. The van der Waals surface area contributed by atoms with Gasteiger partial charge in [0.1, 0.15) is 0 Å². The number of rotatable bonds is 5. The van der Waals surface area contributed by atoms with Crippen molar-refractivity contribution in [2.45, 2.75) is 36.6 Å². The summed E-state index contributed by atoms with van der Waals surface area (Å²) in [5.74, 6) is 0. The second-order valence-electron chi connectivity index (χ2n) is 4.79. The van der Waals surface area contributed by atoms with Crippen LogP contribution in [0.25, 0.3) is 0 Å². The Hall–Kier alpha value is -0.850. The third kappa shape index (κ3) is 2.60. The first-order valence-electron chi connectivity index (χ1n) is 6.30. The zero-order valence-corrected chi connectivity index (χ0v) is 11.4. The molecule has 2 heterocycles. The monoisotopic (exact) mass is 272 g/mol. The van der Waals surface area contributed by atoms with Crippen LogP contribution in [0.3, 0.4) is 0 Å². The molecule has 1 fully saturated rings. The summed E-state index contributed by atoms with van der Waals surface area (Å²) in [6.45, 7) is 0.711. The third-order valence-corrected chi connectivity index (χ3v) is 5.37. The van der Waals surface area contributed by atoms with E-state index >= 15 is 0 Å².